The zero-order chi connectivity index (χ0) is 20.5. The first-order valence-electron chi connectivity index (χ1n) is 9.88. The molecule has 2 heterocycles. The molecule has 152 valence electrons. The van der Waals surface area contributed by atoms with Gasteiger partial charge in [0.05, 0.1) is 16.6 Å². The molecular weight excluding hydrogens is 388 g/mol. The van der Waals surface area contributed by atoms with Gasteiger partial charge in [-0.2, -0.15) is 4.91 Å². The molecule has 5 nitrogen and oxygen atoms in total. The molecule has 7 heteroatoms. The van der Waals surface area contributed by atoms with Gasteiger partial charge in [0.25, 0.3) is 0 Å². The SMILES string of the molecule is CC=Cc1sc(-c2nccs2)nc1C(=NCCCCC(N=O)C(C)C)C(C)C. The van der Waals surface area contributed by atoms with E-state index in [1.165, 1.54) is 0 Å². The van der Waals surface area contributed by atoms with Gasteiger partial charge in [-0.25, -0.2) is 9.97 Å². The second-order valence-corrected chi connectivity index (χ2v) is 9.33. The lowest BCUT2D eigenvalue weighted by Crippen LogP contribution is -2.13. The Morgan fingerprint density at radius 3 is 2.57 bits per heavy atom. The van der Waals surface area contributed by atoms with Gasteiger partial charge in [0.2, 0.25) is 0 Å². The van der Waals surface area contributed by atoms with Gasteiger partial charge >= 0.3 is 0 Å². The average molecular weight is 419 g/mol. The van der Waals surface area contributed by atoms with Crippen LogP contribution in [-0.4, -0.2) is 28.3 Å². The van der Waals surface area contributed by atoms with Crippen LogP contribution in [0.1, 0.15) is 64.5 Å². The molecule has 0 aliphatic heterocycles. The van der Waals surface area contributed by atoms with Gasteiger partial charge in [0.15, 0.2) is 10.0 Å². The molecule has 28 heavy (non-hydrogen) atoms. The van der Waals surface area contributed by atoms with Crippen molar-refractivity contribution in [2.45, 2.75) is 59.9 Å². The maximum absolute atomic E-state index is 10.9. The maximum atomic E-state index is 10.9. The summed E-state index contributed by atoms with van der Waals surface area (Å²) in [6.07, 6.45) is 8.71. The Bertz CT molecular complexity index is 791. The van der Waals surface area contributed by atoms with E-state index in [2.05, 4.69) is 30.1 Å². The van der Waals surface area contributed by atoms with Crippen LogP contribution in [-0.2, 0) is 0 Å². The molecule has 2 rings (SSSR count). The van der Waals surface area contributed by atoms with Crippen molar-refractivity contribution in [1.29, 1.82) is 0 Å². The Balaban J connectivity index is 2.14. The number of hydrogen-bond donors (Lipinski definition) is 0. The predicted octanol–water partition coefficient (Wildman–Crippen LogP) is 6.71. The van der Waals surface area contributed by atoms with E-state index < -0.39 is 0 Å². The van der Waals surface area contributed by atoms with Crippen molar-refractivity contribution in [3.63, 3.8) is 0 Å². The monoisotopic (exact) mass is 418 g/mol. The van der Waals surface area contributed by atoms with Gasteiger partial charge in [-0.1, -0.05) is 38.9 Å². The average Bonchev–Trinajstić information content (AvgIpc) is 3.31. The lowest BCUT2D eigenvalue weighted by atomic mass is 9.99. The second-order valence-electron chi connectivity index (χ2n) is 7.40. The predicted molar refractivity (Wildman–Crippen MR) is 122 cm³/mol. The number of hydrogen-bond acceptors (Lipinski definition) is 7. The lowest BCUT2D eigenvalue weighted by Gasteiger charge is -2.12. The highest BCUT2D eigenvalue weighted by atomic mass is 32.1. The topological polar surface area (TPSA) is 67.6 Å². The number of aliphatic imine (C=N–C) groups is 1. The molecule has 0 saturated heterocycles. The summed E-state index contributed by atoms with van der Waals surface area (Å²) in [7, 11) is 0. The zero-order valence-electron chi connectivity index (χ0n) is 17.4. The number of aromatic nitrogens is 2. The fourth-order valence-electron chi connectivity index (χ4n) is 2.90. The maximum Gasteiger partial charge on any atom is 0.153 e. The first kappa shape index (κ1) is 22.6. The normalized spacial score (nSPS) is 13.8. The van der Waals surface area contributed by atoms with Crippen molar-refractivity contribution in [3.05, 3.63) is 33.1 Å². The van der Waals surface area contributed by atoms with Crippen LogP contribution in [0.2, 0.25) is 0 Å². The van der Waals surface area contributed by atoms with E-state index in [0.29, 0.717) is 5.92 Å². The minimum absolute atomic E-state index is 0.0887. The molecule has 0 radical (unpaired) electrons. The summed E-state index contributed by atoms with van der Waals surface area (Å²) in [5.41, 5.74) is 2.01. The van der Waals surface area contributed by atoms with Gasteiger partial charge in [-0.3, -0.25) is 4.99 Å². The van der Waals surface area contributed by atoms with E-state index in [0.717, 1.165) is 52.1 Å². The molecule has 0 bridgehead atoms. The number of rotatable bonds is 11. The lowest BCUT2D eigenvalue weighted by molar-refractivity contribution is 0.447. The van der Waals surface area contributed by atoms with Crippen molar-refractivity contribution in [2.24, 2.45) is 22.0 Å². The zero-order valence-corrected chi connectivity index (χ0v) is 19.0. The Hall–Kier alpha value is -1.73. The largest absolute Gasteiger partial charge is 0.287 e. The molecule has 2 aromatic heterocycles. The van der Waals surface area contributed by atoms with E-state index in [1.807, 2.05) is 38.4 Å². The molecule has 0 N–H and O–H groups in total. The molecule has 0 aliphatic rings. The smallest absolute Gasteiger partial charge is 0.153 e. The van der Waals surface area contributed by atoms with Crippen molar-refractivity contribution in [3.8, 4) is 10.0 Å². The molecular formula is C21H30N4OS2. The number of unbranched alkanes of at least 4 members (excludes halogenated alkanes) is 1. The number of allylic oxidation sites excluding steroid dienone is 1. The van der Waals surface area contributed by atoms with E-state index in [4.69, 9.17) is 9.98 Å². The minimum atomic E-state index is -0.0887. The van der Waals surface area contributed by atoms with Crippen LogP contribution in [0.15, 0.2) is 27.8 Å². The summed E-state index contributed by atoms with van der Waals surface area (Å²) in [5, 5.41) is 7.12. The Kier molecular flexibility index (Phi) is 9.12. The van der Waals surface area contributed by atoms with Crippen molar-refractivity contribution >= 4 is 34.5 Å². The summed E-state index contributed by atoms with van der Waals surface area (Å²) in [5.74, 6) is 0.588. The van der Waals surface area contributed by atoms with Gasteiger partial charge < -0.3 is 0 Å². The minimum Gasteiger partial charge on any atom is -0.287 e. The van der Waals surface area contributed by atoms with Gasteiger partial charge in [-0.05, 0) is 44.1 Å². The standard InChI is InChI=1S/C21H30N4OS2/c1-6-9-17-19(24-21(28-17)20-23-12-13-27-20)18(15(4)5)22-11-8-7-10-16(25-26)14(2)3/h6,9,12-16H,7-8,10-11H2,1-5H3. The number of nitrogens with zero attached hydrogens (tertiary/aromatic N) is 4. The number of thiazole rings is 2. The molecule has 1 unspecified atom stereocenters. The molecule has 1 atom stereocenters. The second kappa shape index (κ2) is 11.3. The highest BCUT2D eigenvalue weighted by Crippen LogP contribution is 2.32. The van der Waals surface area contributed by atoms with Crippen molar-refractivity contribution < 1.29 is 0 Å². The highest BCUT2D eigenvalue weighted by molar-refractivity contribution is 7.21. The third-order valence-electron chi connectivity index (χ3n) is 4.47. The van der Waals surface area contributed by atoms with E-state index in [-0.39, 0.29) is 12.0 Å². The van der Waals surface area contributed by atoms with Gasteiger partial charge in [0.1, 0.15) is 5.69 Å². The van der Waals surface area contributed by atoms with E-state index in [1.54, 1.807) is 22.7 Å². The van der Waals surface area contributed by atoms with E-state index in [9.17, 15) is 4.91 Å². The van der Waals surface area contributed by atoms with Crippen molar-refractivity contribution in [2.75, 3.05) is 6.54 Å². The molecule has 0 saturated carbocycles. The quantitative estimate of drug-likeness (QED) is 0.231. The summed E-state index contributed by atoms with van der Waals surface area (Å²) < 4.78 is 0. The summed E-state index contributed by atoms with van der Waals surface area (Å²) >= 11 is 3.27. The van der Waals surface area contributed by atoms with Crippen LogP contribution in [0.4, 0.5) is 0 Å². The van der Waals surface area contributed by atoms with Crippen LogP contribution in [0, 0.1) is 16.7 Å². The fraction of sp³-hybridized carbons (Fsp3) is 0.571. The fourth-order valence-corrected chi connectivity index (χ4v) is 4.63. The van der Waals surface area contributed by atoms with Crippen LogP contribution in [0.25, 0.3) is 16.1 Å². The Labute approximate surface area is 176 Å². The molecule has 0 spiro atoms. The summed E-state index contributed by atoms with van der Waals surface area (Å²) in [4.78, 5) is 26.2. The van der Waals surface area contributed by atoms with E-state index >= 15 is 0 Å². The van der Waals surface area contributed by atoms with Crippen LogP contribution in [0.5, 0.6) is 0 Å². The third kappa shape index (κ3) is 6.14. The molecule has 0 amide bonds. The number of nitroso groups, excluding NO2 is 1. The molecule has 0 fully saturated rings. The van der Waals surface area contributed by atoms with Crippen LogP contribution < -0.4 is 0 Å². The molecule has 0 aliphatic carbocycles. The van der Waals surface area contributed by atoms with Crippen molar-refractivity contribution in [1.82, 2.24) is 9.97 Å². The van der Waals surface area contributed by atoms with Gasteiger partial charge in [0, 0.05) is 18.1 Å². The first-order chi connectivity index (χ1) is 13.5. The highest BCUT2D eigenvalue weighted by Gasteiger charge is 2.19. The first-order valence-corrected chi connectivity index (χ1v) is 11.6. The Morgan fingerprint density at radius 1 is 1.21 bits per heavy atom. The Morgan fingerprint density at radius 2 is 2.00 bits per heavy atom. The summed E-state index contributed by atoms with van der Waals surface area (Å²) in [6, 6.07) is -0.0887. The van der Waals surface area contributed by atoms with Gasteiger partial charge in [-0.15, -0.1) is 22.7 Å². The summed E-state index contributed by atoms with van der Waals surface area (Å²) in [6.45, 7) is 11.2. The molecule has 2 aromatic rings. The van der Waals surface area contributed by atoms with Crippen LogP contribution in [0.3, 0.4) is 0 Å². The van der Waals surface area contributed by atoms with Crippen LogP contribution >= 0.6 is 22.7 Å². The molecule has 0 aromatic carbocycles. The third-order valence-corrected chi connectivity index (χ3v) is 6.41.